The van der Waals surface area contributed by atoms with Gasteiger partial charge in [0.15, 0.2) is 12.4 Å². The van der Waals surface area contributed by atoms with E-state index in [9.17, 15) is 10.4 Å². The Balaban J connectivity index is 0.000000254. The molecule has 0 bridgehead atoms. The summed E-state index contributed by atoms with van der Waals surface area (Å²) in [6, 6.07) is 6.75. The summed E-state index contributed by atoms with van der Waals surface area (Å²) in [5.74, 6) is 0.333. The third-order valence-corrected chi connectivity index (χ3v) is 4.21. The van der Waals surface area contributed by atoms with Crippen molar-refractivity contribution in [2.75, 3.05) is 13.1 Å². The lowest BCUT2D eigenvalue weighted by atomic mass is 10.2. The van der Waals surface area contributed by atoms with Gasteiger partial charge in [-0.05, 0) is 48.4 Å². The molecule has 0 spiro atoms. The van der Waals surface area contributed by atoms with Crippen molar-refractivity contribution in [2.45, 2.75) is 26.3 Å². The van der Waals surface area contributed by atoms with Crippen LogP contribution in [0.2, 0.25) is 10.3 Å². The van der Waals surface area contributed by atoms with Crippen molar-refractivity contribution >= 4 is 34.8 Å². The van der Waals surface area contributed by atoms with Crippen molar-refractivity contribution in [2.24, 2.45) is 0 Å². The van der Waals surface area contributed by atoms with Gasteiger partial charge in [-0.1, -0.05) is 13.8 Å². The highest BCUT2D eigenvalue weighted by atomic mass is 35.5. The first-order chi connectivity index (χ1) is 11.4. The van der Waals surface area contributed by atoms with Crippen LogP contribution < -0.4 is 9.46 Å². The molecule has 0 fully saturated rings. The summed E-state index contributed by atoms with van der Waals surface area (Å²) >= 11 is 16.5. The minimum atomic E-state index is 0.161. The molecule has 0 aliphatic heterocycles. The highest BCUT2D eigenvalue weighted by Crippen LogP contribution is 2.06. The zero-order valence-electron chi connectivity index (χ0n) is 13.6. The van der Waals surface area contributed by atoms with Crippen LogP contribution in [0.3, 0.4) is 0 Å². The van der Waals surface area contributed by atoms with Gasteiger partial charge in [0.25, 0.3) is 10.3 Å². The molecule has 0 amide bonds. The second kappa shape index (κ2) is 10.6. The van der Waals surface area contributed by atoms with Crippen LogP contribution in [0, 0.1) is 10.4 Å². The number of hydrogen-bond acceptors (Lipinski definition) is 3. The first-order valence-electron chi connectivity index (χ1n) is 7.44. The van der Waals surface area contributed by atoms with E-state index in [1.54, 1.807) is 12.1 Å². The minimum Gasteiger partial charge on any atom is -0.618 e. The largest absolute Gasteiger partial charge is 0.618 e. The monoisotopic (exact) mass is 391 g/mol. The smallest absolute Gasteiger partial charge is 0.286 e. The van der Waals surface area contributed by atoms with Crippen LogP contribution in [0.1, 0.15) is 25.0 Å². The predicted octanol–water partition coefficient (Wildman–Crippen LogP) is 3.53. The van der Waals surface area contributed by atoms with Gasteiger partial charge in [0.1, 0.15) is 0 Å². The highest BCUT2D eigenvalue weighted by molar-refractivity contribution is 6.28. The van der Waals surface area contributed by atoms with Gasteiger partial charge >= 0.3 is 0 Å². The highest BCUT2D eigenvalue weighted by Gasteiger charge is 2.06. The lowest BCUT2D eigenvalue weighted by Crippen LogP contribution is -2.29. The van der Waals surface area contributed by atoms with E-state index in [1.165, 1.54) is 18.5 Å². The zero-order chi connectivity index (χ0) is 18.1. The van der Waals surface area contributed by atoms with Gasteiger partial charge in [-0.3, -0.25) is 4.90 Å². The molecule has 2 aromatic rings. The molecular weight excluding hydrogens is 373 g/mol. The molecule has 132 valence electrons. The van der Waals surface area contributed by atoms with Crippen molar-refractivity contribution in [3.8, 4) is 0 Å². The number of rotatable bonds is 5. The molecule has 0 aliphatic rings. The van der Waals surface area contributed by atoms with Crippen LogP contribution >= 0.6 is 34.8 Å². The Labute approximate surface area is 157 Å². The maximum absolute atomic E-state index is 11.2. The Kier molecular flexibility index (Phi) is 9.14. The van der Waals surface area contributed by atoms with E-state index in [4.69, 9.17) is 34.8 Å². The normalized spacial score (nSPS) is 10.4. The third-order valence-electron chi connectivity index (χ3n) is 3.31. The molecule has 0 saturated heterocycles. The van der Waals surface area contributed by atoms with E-state index in [0.717, 1.165) is 30.8 Å². The first-order valence-corrected chi connectivity index (χ1v) is 8.73. The fourth-order valence-electron chi connectivity index (χ4n) is 1.89. The first kappa shape index (κ1) is 20.8. The van der Waals surface area contributed by atoms with E-state index >= 15 is 0 Å². The average molecular weight is 393 g/mol. The Morgan fingerprint density at radius 3 is 1.75 bits per heavy atom. The minimum absolute atomic E-state index is 0.161. The molecular formula is C16H20Cl3N3O2. The standard InChI is InChI=1S/C10H15ClN2O.C6H5Cl2NO/c1-3-12(4-2)7-9-5-6-10(11)13(14)8-9;7-3-5-1-2-6(8)9(10)4-5/h5-6,8H,3-4,7H2,1-2H3;1-2,4H,3H2. The Morgan fingerprint density at radius 1 is 0.875 bits per heavy atom. The number of aromatic nitrogens is 2. The summed E-state index contributed by atoms with van der Waals surface area (Å²) in [5, 5.41) is 22.3. The predicted molar refractivity (Wildman–Crippen MR) is 97.0 cm³/mol. The van der Waals surface area contributed by atoms with Crippen LogP contribution in [0.5, 0.6) is 0 Å². The van der Waals surface area contributed by atoms with Gasteiger partial charge in [-0.2, -0.15) is 9.46 Å². The second-order valence-corrected chi connectivity index (χ2v) is 6.01. The summed E-state index contributed by atoms with van der Waals surface area (Å²) in [6.45, 7) is 6.97. The molecule has 0 aromatic carbocycles. The van der Waals surface area contributed by atoms with Crippen LogP contribution in [0.25, 0.3) is 0 Å². The molecule has 0 N–H and O–H groups in total. The second-order valence-electron chi connectivity index (χ2n) is 4.97. The topological polar surface area (TPSA) is 57.1 Å². The molecule has 0 saturated carbocycles. The van der Waals surface area contributed by atoms with Gasteiger partial charge in [-0.25, -0.2) is 0 Å². The van der Waals surface area contributed by atoms with Crippen LogP contribution in [0.4, 0.5) is 0 Å². The van der Waals surface area contributed by atoms with E-state index < -0.39 is 0 Å². The third kappa shape index (κ3) is 6.69. The summed E-state index contributed by atoms with van der Waals surface area (Å²) < 4.78 is 1.28. The van der Waals surface area contributed by atoms with Crippen LogP contribution in [-0.4, -0.2) is 18.0 Å². The zero-order valence-corrected chi connectivity index (χ0v) is 15.9. The molecule has 2 rings (SSSR count). The quantitative estimate of drug-likeness (QED) is 0.338. The Hall–Kier alpha value is -1.27. The summed E-state index contributed by atoms with van der Waals surface area (Å²) in [7, 11) is 0. The van der Waals surface area contributed by atoms with Crippen LogP contribution in [0.15, 0.2) is 36.7 Å². The summed E-state index contributed by atoms with van der Waals surface area (Å²) in [5.41, 5.74) is 1.76. The maximum atomic E-state index is 11.2. The Bertz CT molecular complexity index is 652. The number of halogens is 3. The molecule has 0 radical (unpaired) electrons. The molecule has 8 heteroatoms. The van der Waals surface area contributed by atoms with E-state index in [0.29, 0.717) is 15.3 Å². The van der Waals surface area contributed by atoms with Gasteiger partial charge in [0, 0.05) is 29.8 Å². The van der Waals surface area contributed by atoms with E-state index in [1.807, 2.05) is 6.07 Å². The van der Waals surface area contributed by atoms with Crippen molar-refractivity contribution < 1.29 is 9.46 Å². The van der Waals surface area contributed by atoms with Crippen molar-refractivity contribution in [1.29, 1.82) is 0 Å². The fourth-order valence-corrected chi connectivity index (χ4v) is 2.27. The van der Waals surface area contributed by atoms with E-state index in [-0.39, 0.29) is 10.3 Å². The number of alkyl halides is 1. The van der Waals surface area contributed by atoms with Gasteiger partial charge in [0.2, 0.25) is 0 Å². The average Bonchev–Trinajstić information content (AvgIpc) is 2.59. The van der Waals surface area contributed by atoms with Gasteiger partial charge in [0.05, 0.1) is 5.88 Å². The molecule has 2 heterocycles. The molecule has 2 aromatic heterocycles. The Morgan fingerprint density at radius 2 is 1.33 bits per heavy atom. The van der Waals surface area contributed by atoms with Crippen molar-refractivity contribution in [1.82, 2.24) is 4.90 Å². The van der Waals surface area contributed by atoms with Crippen LogP contribution in [-0.2, 0) is 12.4 Å². The summed E-state index contributed by atoms with van der Waals surface area (Å²) in [4.78, 5) is 2.24. The molecule has 0 aliphatic carbocycles. The van der Waals surface area contributed by atoms with Crippen molar-refractivity contribution in [3.05, 3.63) is 68.5 Å². The van der Waals surface area contributed by atoms with Crippen molar-refractivity contribution in [3.63, 3.8) is 0 Å². The molecule has 5 nitrogen and oxygen atoms in total. The molecule has 0 atom stereocenters. The summed E-state index contributed by atoms with van der Waals surface area (Å²) in [6.07, 6.45) is 2.88. The SMILES string of the molecule is CCN(CC)Cc1ccc(Cl)[n+]([O-])c1.[O-][n+]1cc(CCl)ccc1Cl. The van der Waals surface area contributed by atoms with E-state index in [2.05, 4.69) is 18.7 Å². The molecule has 24 heavy (non-hydrogen) atoms. The lowest BCUT2D eigenvalue weighted by Gasteiger charge is -2.17. The number of pyridine rings is 2. The lowest BCUT2D eigenvalue weighted by molar-refractivity contribution is -0.603. The van der Waals surface area contributed by atoms with Gasteiger partial charge < -0.3 is 10.4 Å². The number of hydrogen-bond donors (Lipinski definition) is 0. The number of nitrogens with zero attached hydrogens (tertiary/aromatic N) is 3. The van der Waals surface area contributed by atoms with Gasteiger partial charge in [-0.15, -0.1) is 11.6 Å². The fraction of sp³-hybridized carbons (Fsp3) is 0.375. The maximum Gasteiger partial charge on any atom is 0.286 e. The molecule has 0 unspecified atom stereocenters.